The molecule has 0 bridgehead atoms. The van der Waals surface area contributed by atoms with Crippen LogP contribution in [0.25, 0.3) is 0 Å². The summed E-state index contributed by atoms with van der Waals surface area (Å²) in [6, 6.07) is 4.50. The molecule has 1 amide bonds. The normalized spacial score (nSPS) is 22.3. The second-order valence-corrected chi connectivity index (χ2v) is 7.34. The topological polar surface area (TPSA) is 86.7 Å². The van der Waals surface area contributed by atoms with Gasteiger partial charge in [-0.3, -0.25) is 4.79 Å². The number of rotatable bonds is 3. The first-order valence-electron chi connectivity index (χ1n) is 6.00. The van der Waals surface area contributed by atoms with Crippen LogP contribution < -0.4 is 5.32 Å². The van der Waals surface area contributed by atoms with Crippen molar-refractivity contribution in [1.82, 2.24) is 9.62 Å². The Balaban J connectivity index is 2.37. The van der Waals surface area contributed by atoms with E-state index in [0.717, 1.165) is 8.78 Å². The second kappa shape index (κ2) is 5.44. The summed E-state index contributed by atoms with van der Waals surface area (Å²) in [4.78, 5) is 11.6. The van der Waals surface area contributed by atoms with E-state index in [2.05, 4.69) is 21.2 Å². The van der Waals surface area contributed by atoms with Crippen molar-refractivity contribution in [3.63, 3.8) is 0 Å². The number of carbonyl (C=O) groups excluding carboxylic acids is 1. The minimum absolute atomic E-state index is 0.220. The lowest BCUT2D eigenvalue weighted by Gasteiger charge is -2.22. The van der Waals surface area contributed by atoms with Crippen LogP contribution in [0.15, 0.2) is 27.6 Å². The number of hydrogen-bond donors (Lipinski definition) is 2. The molecule has 1 aliphatic rings. The third-order valence-electron chi connectivity index (χ3n) is 3.34. The molecule has 110 valence electrons. The van der Waals surface area contributed by atoms with E-state index < -0.39 is 28.1 Å². The molecule has 0 saturated heterocycles. The van der Waals surface area contributed by atoms with Crippen LogP contribution >= 0.6 is 15.9 Å². The van der Waals surface area contributed by atoms with Gasteiger partial charge in [-0.15, -0.1) is 0 Å². The number of benzene rings is 1. The van der Waals surface area contributed by atoms with Gasteiger partial charge in [0.2, 0.25) is 15.9 Å². The predicted octanol–water partition coefficient (Wildman–Crippen LogP) is 0.621. The lowest BCUT2D eigenvalue weighted by atomic mass is 10.1. The van der Waals surface area contributed by atoms with E-state index in [0.29, 0.717) is 5.56 Å². The Morgan fingerprint density at radius 3 is 2.80 bits per heavy atom. The Morgan fingerprint density at radius 2 is 2.20 bits per heavy atom. The van der Waals surface area contributed by atoms with Crippen molar-refractivity contribution in [3.05, 3.63) is 28.2 Å². The van der Waals surface area contributed by atoms with Crippen molar-refractivity contribution in [1.29, 1.82) is 0 Å². The lowest BCUT2D eigenvalue weighted by Crippen LogP contribution is -2.42. The fourth-order valence-corrected chi connectivity index (χ4v) is 4.51. The second-order valence-electron chi connectivity index (χ2n) is 4.56. The van der Waals surface area contributed by atoms with E-state index in [1.165, 1.54) is 13.1 Å². The molecule has 2 N–H and O–H groups in total. The van der Waals surface area contributed by atoms with Crippen LogP contribution in [0.1, 0.15) is 18.5 Å². The van der Waals surface area contributed by atoms with Gasteiger partial charge < -0.3 is 10.4 Å². The summed E-state index contributed by atoms with van der Waals surface area (Å²) in [6.45, 7) is 1.46. The Kier molecular flexibility index (Phi) is 4.19. The van der Waals surface area contributed by atoms with E-state index in [4.69, 9.17) is 0 Å². The number of carbonyl (C=O) groups is 1. The van der Waals surface area contributed by atoms with Crippen LogP contribution in [0.5, 0.6) is 0 Å². The maximum atomic E-state index is 12.4. The standard InChI is InChI=1S/C12H15BrN2O4S/c1-7-9-5-8(13)3-4-11(9)20(18,19)15(7)6-10(16)12(17)14-2/h3-5,7,10,16H,6H2,1-2H3,(H,14,17). The Hall–Kier alpha value is -0.960. The van der Waals surface area contributed by atoms with E-state index in [-0.39, 0.29) is 11.4 Å². The molecule has 1 aromatic carbocycles. The van der Waals surface area contributed by atoms with Gasteiger partial charge in [0.1, 0.15) is 6.10 Å². The summed E-state index contributed by atoms with van der Waals surface area (Å²) in [5, 5.41) is 12.0. The van der Waals surface area contributed by atoms with Gasteiger partial charge in [0.15, 0.2) is 0 Å². The molecule has 0 radical (unpaired) electrons. The third-order valence-corrected chi connectivity index (χ3v) is 5.85. The fraction of sp³-hybridized carbons (Fsp3) is 0.417. The summed E-state index contributed by atoms with van der Waals surface area (Å²) in [5.41, 5.74) is 0.656. The first-order chi connectivity index (χ1) is 9.28. The van der Waals surface area contributed by atoms with Gasteiger partial charge in [0.05, 0.1) is 4.90 Å². The largest absolute Gasteiger partial charge is 0.382 e. The highest BCUT2D eigenvalue weighted by Crippen LogP contribution is 2.40. The highest BCUT2D eigenvalue weighted by atomic mass is 79.9. The molecule has 8 heteroatoms. The number of nitrogens with one attached hydrogen (secondary N) is 1. The van der Waals surface area contributed by atoms with Crippen LogP contribution in [0, 0.1) is 0 Å². The van der Waals surface area contributed by atoms with Gasteiger partial charge in [0.25, 0.3) is 0 Å². The van der Waals surface area contributed by atoms with E-state index in [1.54, 1.807) is 19.1 Å². The van der Waals surface area contributed by atoms with Gasteiger partial charge in [0, 0.05) is 24.1 Å². The first-order valence-corrected chi connectivity index (χ1v) is 8.23. The van der Waals surface area contributed by atoms with E-state index >= 15 is 0 Å². The first kappa shape index (κ1) is 15.4. The van der Waals surface area contributed by atoms with Gasteiger partial charge in [-0.1, -0.05) is 15.9 Å². The smallest absolute Gasteiger partial charge is 0.249 e. The van der Waals surface area contributed by atoms with Crippen molar-refractivity contribution in [2.75, 3.05) is 13.6 Å². The maximum Gasteiger partial charge on any atom is 0.249 e. The SMILES string of the molecule is CNC(=O)C(O)CN1C(C)c2cc(Br)ccc2S1(=O)=O. The minimum atomic E-state index is -3.68. The van der Waals surface area contributed by atoms with E-state index in [1.807, 2.05) is 0 Å². The number of sulfonamides is 1. The molecule has 2 rings (SSSR count). The number of nitrogens with zero attached hydrogens (tertiary/aromatic N) is 1. The monoisotopic (exact) mass is 362 g/mol. The summed E-state index contributed by atoms with van der Waals surface area (Å²) >= 11 is 3.31. The number of likely N-dealkylation sites (N-methyl/N-ethyl adjacent to an activating group) is 1. The Labute approximate surface area is 126 Å². The number of aliphatic hydroxyl groups excluding tert-OH is 1. The number of hydrogen-bond acceptors (Lipinski definition) is 4. The molecule has 0 spiro atoms. The van der Waals surface area contributed by atoms with Gasteiger partial charge >= 0.3 is 0 Å². The van der Waals surface area contributed by atoms with Crippen LogP contribution in [0.4, 0.5) is 0 Å². The minimum Gasteiger partial charge on any atom is -0.382 e. The zero-order chi connectivity index (χ0) is 15.1. The van der Waals surface area contributed by atoms with Crippen molar-refractivity contribution < 1.29 is 18.3 Å². The number of aliphatic hydroxyl groups is 1. The average Bonchev–Trinajstić information content (AvgIpc) is 2.58. The lowest BCUT2D eigenvalue weighted by molar-refractivity contribution is -0.129. The molecule has 1 aromatic rings. The molecule has 0 aromatic heterocycles. The highest BCUT2D eigenvalue weighted by Gasteiger charge is 2.41. The zero-order valence-corrected chi connectivity index (χ0v) is 13.4. The van der Waals surface area contributed by atoms with Crippen LogP contribution in [0.2, 0.25) is 0 Å². The summed E-state index contributed by atoms with van der Waals surface area (Å²) in [7, 11) is -2.29. The fourth-order valence-electron chi connectivity index (χ4n) is 2.25. The third kappa shape index (κ3) is 2.48. The number of β-amino-alcohol motifs (C(OH)–C–C–N with tert-alkyl or cyclic N) is 1. The molecule has 20 heavy (non-hydrogen) atoms. The quantitative estimate of drug-likeness (QED) is 0.825. The summed E-state index contributed by atoms with van der Waals surface area (Å²) in [6.07, 6.45) is -1.39. The van der Waals surface area contributed by atoms with Crippen molar-refractivity contribution >= 4 is 31.9 Å². The predicted molar refractivity (Wildman–Crippen MR) is 76.5 cm³/mol. The van der Waals surface area contributed by atoms with Gasteiger partial charge in [-0.05, 0) is 30.7 Å². The van der Waals surface area contributed by atoms with Gasteiger partial charge in [-0.2, -0.15) is 4.31 Å². The Morgan fingerprint density at radius 1 is 1.55 bits per heavy atom. The Bertz CT molecular complexity index is 647. The maximum absolute atomic E-state index is 12.4. The molecule has 6 nitrogen and oxygen atoms in total. The van der Waals surface area contributed by atoms with Gasteiger partial charge in [-0.25, -0.2) is 8.42 Å². The van der Waals surface area contributed by atoms with Crippen molar-refractivity contribution in [3.8, 4) is 0 Å². The highest BCUT2D eigenvalue weighted by molar-refractivity contribution is 9.10. The molecule has 0 saturated carbocycles. The number of halogens is 1. The average molecular weight is 363 g/mol. The van der Waals surface area contributed by atoms with E-state index in [9.17, 15) is 18.3 Å². The molecular formula is C12H15BrN2O4S. The zero-order valence-electron chi connectivity index (χ0n) is 11.0. The molecule has 2 unspecified atom stereocenters. The molecule has 0 aliphatic carbocycles. The van der Waals surface area contributed by atoms with Crippen LogP contribution in [-0.2, 0) is 14.8 Å². The molecule has 1 aliphatic heterocycles. The summed E-state index contributed by atoms with van der Waals surface area (Å²) in [5.74, 6) is -0.607. The number of amides is 1. The van der Waals surface area contributed by atoms with Crippen LogP contribution in [0.3, 0.4) is 0 Å². The molecule has 0 fully saturated rings. The molecule has 1 heterocycles. The van der Waals surface area contributed by atoms with Crippen molar-refractivity contribution in [2.24, 2.45) is 0 Å². The molecule has 2 atom stereocenters. The van der Waals surface area contributed by atoms with Crippen LogP contribution in [-0.4, -0.2) is 43.4 Å². The van der Waals surface area contributed by atoms with Crippen molar-refractivity contribution in [2.45, 2.75) is 24.0 Å². The summed E-state index contributed by atoms with van der Waals surface area (Å²) < 4.78 is 26.8. The number of fused-ring (bicyclic) bond motifs is 1. The molecular weight excluding hydrogens is 348 g/mol.